The number of carbonyl (C=O) groups excluding carboxylic acids is 1. The monoisotopic (exact) mass is 383 g/mol. The number of amides is 1. The molecule has 0 aliphatic carbocycles. The molecule has 1 amide bonds. The van der Waals surface area contributed by atoms with E-state index in [4.69, 9.17) is 4.74 Å². The van der Waals surface area contributed by atoms with E-state index in [2.05, 4.69) is 20.8 Å². The van der Waals surface area contributed by atoms with Gasteiger partial charge in [-0.3, -0.25) is 4.79 Å². The molecule has 0 fully saturated rings. The van der Waals surface area contributed by atoms with Crippen LogP contribution in [0.1, 0.15) is 18.1 Å². The first-order valence-corrected chi connectivity index (χ1v) is 9.33. The molecule has 3 rings (SSSR count). The zero-order chi connectivity index (χ0) is 19.4. The first-order valence-electron chi connectivity index (χ1n) is 8.45. The third-order valence-corrected chi connectivity index (χ3v) is 5.22. The number of thioether (sulfide) groups is 1. The lowest BCUT2D eigenvalue weighted by Gasteiger charge is -2.13. The Labute approximate surface area is 162 Å². The highest BCUT2D eigenvalue weighted by molar-refractivity contribution is 8.00. The largest absolute Gasteiger partial charge is 0.497 e. The van der Waals surface area contributed by atoms with Gasteiger partial charge in [-0.2, -0.15) is 4.68 Å². The summed E-state index contributed by atoms with van der Waals surface area (Å²) in [6.45, 7) is 5.89. The van der Waals surface area contributed by atoms with Crippen LogP contribution in [-0.2, 0) is 4.79 Å². The summed E-state index contributed by atoms with van der Waals surface area (Å²) in [6, 6.07) is 13.2. The lowest BCUT2D eigenvalue weighted by atomic mass is 10.1. The Morgan fingerprint density at radius 2 is 1.89 bits per heavy atom. The Morgan fingerprint density at radius 3 is 2.56 bits per heavy atom. The van der Waals surface area contributed by atoms with Crippen molar-refractivity contribution in [3.05, 3.63) is 53.6 Å². The van der Waals surface area contributed by atoms with Crippen molar-refractivity contribution in [3.8, 4) is 11.4 Å². The summed E-state index contributed by atoms with van der Waals surface area (Å²) >= 11 is 1.30. The van der Waals surface area contributed by atoms with Crippen molar-refractivity contribution < 1.29 is 9.53 Å². The minimum Gasteiger partial charge on any atom is -0.497 e. The second kappa shape index (κ2) is 8.22. The highest BCUT2D eigenvalue weighted by Gasteiger charge is 2.19. The van der Waals surface area contributed by atoms with Crippen LogP contribution in [0.15, 0.2) is 47.6 Å². The van der Waals surface area contributed by atoms with Gasteiger partial charge in [0.2, 0.25) is 11.1 Å². The lowest BCUT2D eigenvalue weighted by Crippen LogP contribution is -2.23. The van der Waals surface area contributed by atoms with E-state index in [0.29, 0.717) is 5.16 Å². The molecule has 0 radical (unpaired) electrons. The summed E-state index contributed by atoms with van der Waals surface area (Å²) < 4.78 is 6.77. The number of methoxy groups -OCH3 is 1. The highest BCUT2D eigenvalue weighted by Crippen LogP contribution is 2.25. The van der Waals surface area contributed by atoms with Crippen molar-refractivity contribution in [3.63, 3.8) is 0 Å². The van der Waals surface area contributed by atoms with Crippen LogP contribution in [0.25, 0.3) is 5.69 Å². The van der Waals surface area contributed by atoms with Crippen molar-refractivity contribution in [1.82, 2.24) is 20.2 Å². The van der Waals surface area contributed by atoms with Crippen LogP contribution in [0.5, 0.6) is 5.75 Å². The zero-order valence-electron chi connectivity index (χ0n) is 15.6. The molecular weight excluding hydrogens is 362 g/mol. The molecule has 0 saturated heterocycles. The summed E-state index contributed by atoms with van der Waals surface area (Å²) in [7, 11) is 1.61. The summed E-state index contributed by atoms with van der Waals surface area (Å²) in [5.41, 5.74) is 3.90. The Balaban J connectivity index is 1.70. The number of aryl methyl sites for hydroxylation is 2. The number of aromatic nitrogens is 4. The molecule has 0 aliphatic heterocycles. The van der Waals surface area contributed by atoms with Gasteiger partial charge in [-0.15, -0.1) is 5.10 Å². The molecule has 7 nitrogen and oxygen atoms in total. The van der Waals surface area contributed by atoms with Gasteiger partial charge in [0.15, 0.2) is 0 Å². The predicted molar refractivity (Wildman–Crippen MR) is 106 cm³/mol. The smallest absolute Gasteiger partial charge is 0.237 e. The van der Waals surface area contributed by atoms with Crippen LogP contribution >= 0.6 is 11.8 Å². The zero-order valence-corrected chi connectivity index (χ0v) is 16.4. The van der Waals surface area contributed by atoms with Crippen molar-refractivity contribution in [2.75, 3.05) is 12.4 Å². The SMILES string of the molecule is COc1ccc(-n2nnnc2S[C@H](C)C(=O)Nc2ccc(C)c(C)c2)cc1. The normalized spacial score (nSPS) is 11.9. The van der Waals surface area contributed by atoms with Crippen molar-refractivity contribution in [2.45, 2.75) is 31.2 Å². The molecule has 0 saturated carbocycles. The van der Waals surface area contributed by atoms with Crippen molar-refractivity contribution >= 4 is 23.4 Å². The Morgan fingerprint density at radius 1 is 1.15 bits per heavy atom. The first-order chi connectivity index (χ1) is 13.0. The fourth-order valence-corrected chi connectivity index (χ4v) is 3.22. The van der Waals surface area contributed by atoms with E-state index >= 15 is 0 Å². The summed E-state index contributed by atoms with van der Waals surface area (Å²) in [6.07, 6.45) is 0. The van der Waals surface area contributed by atoms with Gasteiger partial charge >= 0.3 is 0 Å². The lowest BCUT2D eigenvalue weighted by molar-refractivity contribution is -0.115. The third-order valence-electron chi connectivity index (χ3n) is 4.18. The highest BCUT2D eigenvalue weighted by atomic mass is 32.2. The van der Waals surface area contributed by atoms with E-state index in [1.807, 2.05) is 63.2 Å². The van der Waals surface area contributed by atoms with Gasteiger partial charge in [0.1, 0.15) is 5.75 Å². The van der Waals surface area contributed by atoms with Gasteiger partial charge in [0.05, 0.1) is 18.0 Å². The van der Waals surface area contributed by atoms with Crippen LogP contribution in [0.3, 0.4) is 0 Å². The molecule has 3 aromatic rings. The number of hydrogen-bond acceptors (Lipinski definition) is 6. The maximum Gasteiger partial charge on any atom is 0.237 e. The van der Waals surface area contributed by atoms with Crippen LogP contribution in [0, 0.1) is 13.8 Å². The number of anilines is 1. The second-order valence-corrected chi connectivity index (χ2v) is 7.43. The van der Waals surface area contributed by atoms with Gasteiger partial charge in [0.25, 0.3) is 0 Å². The van der Waals surface area contributed by atoms with E-state index in [1.165, 1.54) is 17.3 Å². The molecule has 1 atom stereocenters. The van der Waals surface area contributed by atoms with Crippen LogP contribution in [-0.4, -0.2) is 38.5 Å². The van der Waals surface area contributed by atoms with Gasteiger partial charge in [-0.1, -0.05) is 17.8 Å². The molecule has 0 spiro atoms. The maximum absolute atomic E-state index is 12.5. The van der Waals surface area contributed by atoms with E-state index in [0.717, 1.165) is 22.7 Å². The number of rotatable bonds is 6. The van der Waals surface area contributed by atoms with Gasteiger partial charge in [0, 0.05) is 5.69 Å². The maximum atomic E-state index is 12.5. The Bertz CT molecular complexity index is 940. The van der Waals surface area contributed by atoms with E-state index in [-0.39, 0.29) is 11.2 Å². The number of benzene rings is 2. The standard InChI is InChI=1S/C19H21N5O2S/c1-12-5-6-15(11-13(12)2)20-18(25)14(3)27-19-21-22-23-24(19)16-7-9-17(26-4)10-8-16/h5-11,14H,1-4H3,(H,20,25)/t14-/m1/s1. The van der Waals surface area contributed by atoms with Crippen LogP contribution in [0.4, 0.5) is 5.69 Å². The quantitative estimate of drug-likeness (QED) is 0.657. The number of ether oxygens (including phenoxy) is 1. The first kappa shape index (κ1) is 18.9. The van der Waals surface area contributed by atoms with Crippen LogP contribution < -0.4 is 10.1 Å². The minimum atomic E-state index is -0.366. The number of tetrazole rings is 1. The Kier molecular flexibility index (Phi) is 5.75. The summed E-state index contributed by atoms with van der Waals surface area (Å²) in [5.74, 6) is 0.648. The molecule has 140 valence electrons. The molecule has 27 heavy (non-hydrogen) atoms. The molecular formula is C19H21N5O2S. The van der Waals surface area contributed by atoms with Gasteiger partial charge < -0.3 is 10.1 Å². The molecule has 8 heteroatoms. The van der Waals surface area contributed by atoms with E-state index in [9.17, 15) is 4.79 Å². The number of hydrogen-bond donors (Lipinski definition) is 1. The number of nitrogens with one attached hydrogen (secondary N) is 1. The topological polar surface area (TPSA) is 81.9 Å². The number of nitrogens with zero attached hydrogens (tertiary/aromatic N) is 4. The van der Waals surface area contributed by atoms with Gasteiger partial charge in [-0.05, 0) is 78.7 Å². The number of carbonyl (C=O) groups is 1. The van der Waals surface area contributed by atoms with E-state index in [1.54, 1.807) is 11.8 Å². The summed E-state index contributed by atoms with van der Waals surface area (Å²) in [4.78, 5) is 12.5. The molecule has 0 unspecified atom stereocenters. The third kappa shape index (κ3) is 4.46. The molecule has 1 heterocycles. The minimum absolute atomic E-state index is 0.104. The fourth-order valence-electron chi connectivity index (χ4n) is 2.41. The summed E-state index contributed by atoms with van der Waals surface area (Å²) in [5, 5.41) is 14.9. The molecule has 0 bridgehead atoms. The van der Waals surface area contributed by atoms with Gasteiger partial charge in [-0.25, -0.2) is 0 Å². The molecule has 1 N–H and O–H groups in total. The van der Waals surface area contributed by atoms with Crippen LogP contribution in [0.2, 0.25) is 0 Å². The molecule has 2 aromatic carbocycles. The Hall–Kier alpha value is -2.87. The second-order valence-electron chi connectivity index (χ2n) is 6.12. The fraction of sp³-hybridized carbons (Fsp3) is 0.263. The van der Waals surface area contributed by atoms with E-state index < -0.39 is 0 Å². The molecule has 1 aromatic heterocycles. The average Bonchev–Trinajstić information content (AvgIpc) is 3.12. The van der Waals surface area contributed by atoms with Crippen molar-refractivity contribution in [1.29, 1.82) is 0 Å². The molecule has 0 aliphatic rings. The predicted octanol–water partition coefficient (Wildman–Crippen LogP) is 3.41. The average molecular weight is 383 g/mol. The van der Waals surface area contributed by atoms with Crippen molar-refractivity contribution in [2.24, 2.45) is 0 Å².